The number of nitrogens with one attached hydrogen (secondary N) is 3. The third-order valence-electron chi connectivity index (χ3n) is 6.74. The number of fused-ring (bicyclic) bond motifs is 3. The van der Waals surface area contributed by atoms with Gasteiger partial charge >= 0.3 is 6.03 Å². The van der Waals surface area contributed by atoms with Gasteiger partial charge in [0.2, 0.25) is 5.71 Å². The Labute approximate surface area is 236 Å². The lowest BCUT2D eigenvalue weighted by Gasteiger charge is -2.22. The molecule has 2 heterocycles. The number of furan rings is 1. The van der Waals surface area contributed by atoms with Gasteiger partial charge in [0.1, 0.15) is 16.7 Å². The molecule has 9 nitrogen and oxygen atoms in total. The number of carbonyl (C=O) groups is 1. The van der Waals surface area contributed by atoms with Gasteiger partial charge in [-0.05, 0) is 69.4 Å². The second-order valence-electron chi connectivity index (χ2n) is 9.63. The smallest absolute Gasteiger partial charge is 0.319 e. The van der Waals surface area contributed by atoms with E-state index < -0.39 is 22.1 Å². The maximum atomic E-state index is 13.1. The van der Waals surface area contributed by atoms with Gasteiger partial charge in [0.05, 0.1) is 27.9 Å². The number of alkyl halides is 1. The van der Waals surface area contributed by atoms with E-state index in [1.807, 2.05) is 26.0 Å². The summed E-state index contributed by atoms with van der Waals surface area (Å²) in [5.74, 6) is 1.04. The van der Waals surface area contributed by atoms with Gasteiger partial charge in [-0.25, -0.2) is 18.2 Å². The average molecular weight is 589 g/mol. The minimum absolute atomic E-state index is 0.0314. The lowest BCUT2D eigenvalue weighted by atomic mass is 9.93. The summed E-state index contributed by atoms with van der Waals surface area (Å²) < 4.78 is 34.9. The van der Waals surface area contributed by atoms with Crippen LogP contribution in [0.5, 0.6) is 0 Å². The first-order valence-corrected chi connectivity index (χ1v) is 14.8. The first-order valence-electron chi connectivity index (χ1n) is 12.4. The number of anilines is 2. The number of urea groups is 1. The molecule has 3 N–H and O–H groups in total. The van der Waals surface area contributed by atoms with Crippen LogP contribution in [0.4, 0.5) is 16.2 Å². The molecule has 0 fully saturated rings. The fourth-order valence-electron chi connectivity index (χ4n) is 4.76. The number of hydrogen-bond acceptors (Lipinski definition) is 6. The molecule has 1 atom stereocenters. The number of halogens is 2. The zero-order valence-corrected chi connectivity index (χ0v) is 23.9. The predicted molar refractivity (Wildman–Crippen MR) is 152 cm³/mol. The van der Waals surface area contributed by atoms with E-state index in [9.17, 15) is 13.2 Å². The van der Waals surface area contributed by atoms with E-state index in [0.29, 0.717) is 46.0 Å². The molecule has 1 aliphatic carbocycles. The van der Waals surface area contributed by atoms with Crippen molar-refractivity contribution in [2.24, 2.45) is 0 Å². The normalized spacial score (nSPS) is 15.2. The zero-order valence-electron chi connectivity index (χ0n) is 21.6. The molecular weight excluding hydrogens is 561 g/mol. The number of carbonyl (C=O) groups excluding carboxylic acids is 1. The summed E-state index contributed by atoms with van der Waals surface area (Å²) in [6.45, 7) is 5.57. The average Bonchev–Trinajstić information content (AvgIpc) is 3.27. The number of nitrogens with zero attached hydrogens (tertiary/aromatic N) is 2. The zero-order chi connectivity index (χ0) is 27.9. The van der Waals surface area contributed by atoms with E-state index in [1.165, 1.54) is 12.1 Å². The first kappa shape index (κ1) is 27.2. The molecule has 0 spiro atoms. The second-order valence-corrected chi connectivity index (χ2v) is 11.9. The van der Waals surface area contributed by atoms with Crippen LogP contribution in [0.25, 0.3) is 11.1 Å². The summed E-state index contributed by atoms with van der Waals surface area (Å²) in [6, 6.07) is 9.16. The molecule has 12 heteroatoms. The third-order valence-corrected chi connectivity index (χ3v) is 8.61. The van der Waals surface area contributed by atoms with Crippen LogP contribution in [0, 0.1) is 20.8 Å². The highest BCUT2D eigenvalue weighted by Crippen LogP contribution is 2.39. The summed E-state index contributed by atoms with van der Waals surface area (Å²) in [5, 5.41) is 6.64. The number of aromatic nitrogens is 2. The van der Waals surface area contributed by atoms with E-state index >= 15 is 0 Å². The van der Waals surface area contributed by atoms with Gasteiger partial charge in [-0.15, -0.1) is 11.6 Å². The van der Waals surface area contributed by atoms with Crippen molar-refractivity contribution in [3.8, 4) is 0 Å². The topological polar surface area (TPSA) is 126 Å². The number of hydrogen-bond donors (Lipinski definition) is 3. The van der Waals surface area contributed by atoms with Gasteiger partial charge < -0.3 is 15.1 Å². The van der Waals surface area contributed by atoms with Crippen molar-refractivity contribution in [1.29, 1.82) is 0 Å². The van der Waals surface area contributed by atoms with Crippen LogP contribution in [0.15, 0.2) is 45.7 Å². The maximum absolute atomic E-state index is 13.1. The van der Waals surface area contributed by atoms with E-state index in [0.717, 1.165) is 29.5 Å². The van der Waals surface area contributed by atoms with Gasteiger partial charge in [0.25, 0.3) is 10.0 Å². The molecule has 4 aromatic rings. The molecule has 204 valence electrons. The molecule has 1 unspecified atom stereocenters. The summed E-state index contributed by atoms with van der Waals surface area (Å²) in [6.07, 6.45) is 2.18. The Kier molecular flexibility index (Phi) is 7.45. The summed E-state index contributed by atoms with van der Waals surface area (Å²) >= 11 is 12.3. The highest BCUT2D eigenvalue weighted by atomic mass is 35.5. The Morgan fingerprint density at radius 1 is 1.08 bits per heavy atom. The molecule has 0 saturated carbocycles. The molecule has 0 saturated heterocycles. The third kappa shape index (κ3) is 5.54. The SMILES string of the molecule is Cc1ccc(NS(=O)(=O)c2ccc(C)c(NC(=O)NC3CCCc4c3oc3nc(CCl)nc(Cl)c43)c2)c(C)c1. The first-order chi connectivity index (χ1) is 18.6. The Morgan fingerprint density at radius 2 is 1.87 bits per heavy atom. The number of amides is 2. The van der Waals surface area contributed by atoms with Gasteiger partial charge in [0.15, 0.2) is 0 Å². The molecule has 0 aliphatic heterocycles. The van der Waals surface area contributed by atoms with Crippen molar-refractivity contribution < 1.29 is 17.6 Å². The summed E-state index contributed by atoms with van der Waals surface area (Å²) in [7, 11) is -3.89. The Morgan fingerprint density at radius 3 is 2.62 bits per heavy atom. The molecule has 2 amide bonds. The number of aryl methyl sites for hydroxylation is 4. The van der Waals surface area contributed by atoms with E-state index in [2.05, 4.69) is 25.3 Å². The van der Waals surface area contributed by atoms with Crippen LogP contribution < -0.4 is 15.4 Å². The molecule has 39 heavy (non-hydrogen) atoms. The van der Waals surface area contributed by atoms with E-state index in [1.54, 1.807) is 19.1 Å². The summed E-state index contributed by atoms with van der Waals surface area (Å²) in [4.78, 5) is 21.6. The van der Waals surface area contributed by atoms with Crippen LogP contribution in [0.2, 0.25) is 5.15 Å². The summed E-state index contributed by atoms with van der Waals surface area (Å²) in [5.41, 5.74) is 4.63. The van der Waals surface area contributed by atoms with Crippen molar-refractivity contribution >= 4 is 61.7 Å². The lowest BCUT2D eigenvalue weighted by Crippen LogP contribution is -2.34. The Hall–Kier alpha value is -3.34. The molecule has 0 radical (unpaired) electrons. The minimum Gasteiger partial charge on any atom is -0.440 e. The van der Waals surface area contributed by atoms with Gasteiger partial charge in [-0.2, -0.15) is 4.98 Å². The molecule has 0 bridgehead atoms. The second kappa shape index (κ2) is 10.7. The largest absolute Gasteiger partial charge is 0.440 e. The minimum atomic E-state index is -3.89. The van der Waals surface area contributed by atoms with Crippen molar-refractivity contribution in [1.82, 2.24) is 15.3 Å². The van der Waals surface area contributed by atoms with Crippen LogP contribution in [-0.4, -0.2) is 24.4 Å². The Balaban J connectivity index is 1.36. The van der Waals surface area contributed by atoms with E-state index in [-0.39, 0.29) is 15.9 Å². The number of benzene rings is 2. The highest BCUT2D eigenvalue weighted by molar-refractivity contribution is 7.92. The molecular formula is C27H27Cl2N5O4S. The van der Waals surface area contributed by atoms with Crippen LogP contribution in [0.3, 0.4) is 0 Å². The van der Waals surface area contributed by atoms with Gasteiger partial charge in [-0.3, -0.25) is 4.72 Å². The van der Waals surface area contributed by atoms with Gasteiger partial charge in [0, 0.05) is 11.3 Å². The standard InChI is InChI=1S/C27H27Cl2N5O4S/c1-14-7-10-19(16(3)11-14)34-39(36,37)17-9-8-15(2)21(12-17)31-27(35)30-20-6-4-5-18-23-25(29)32-22(13-28)33-26(23)38-24(18)20/h7-12,20,34H,4-6,13H2,1-3H3,(H2,30,31,35). The lowest BCUT2D eigenvalue weighted by molar-refractivity contribution is 0.244. The predicted octanol–water partition coefficient (Wildman–Crippen LogP) is 6.54. The molecule has 2 aromatic carbocycles. The number of rotatable bonds is 6. The fourth-order valence-corrected chi connectivity index (χ4v) is 6.33. The fraction of sp³-hybridized carbons (Fsp3) is 0.296. The van der Waals surface area contributed by atoms with Crippen molar-refractivity contribution in [3.05, 3.63) is 75.4 Å². The Bertz CT molecular complexity index is 1700. The number of sulfonamides is 1. The van der Waals surface area contributed by atoms with Crippen molar-refractivity contribution in [2.75, 3.05) is 10.0 Å². The highest BCUT2D eigenvalue weighted by Gasteiger charge is 2.30. The molecule has 2 aromatic heterocycles. The molecule has 5 rings (SSSR count). The van der Waals surface area contributed by atoms with Crippen molar-refractivity contribution in [2.45, 2.75) is 56.9 Å². The van der Waals surface area contributed by atoms with Crippen LogP contribution in [0.1, 0.15) is 52.7 Å². The van der Waals surface area contributed by atoms with Crippen molar-refractivity contribution in [3.63, 3.8) is 0 Å². The van der Waals surface area contributed by atoms with Crippen LogP contribution in [-0.2, 0) is 22.3 Å². The van der Waals surface area contributed by atoms with Crippen LogP contribution >= 0.6 is 23.2 Å². The molecule has 1 aliphatic rings. The quantitative estimate of drug-likeness (QED) is 0.174. The monoisotopic (exact) mass is 587 g/mol. The van der Waals surface area contributed by atoms with E-state index in [4.69, 9.17) is 27.6 Å². The van der Waals surface area contributed by atoms with Gasteiger partial charge in [-0.1, -0.05) is 35.4 Å². The maximum Gasteiger partial charge on any atom is 0.319 e.